The largest absolute Gasteiger partial charge is 0.336 e. The number of nitrogens with one attached hydrogen (secondary N) is 2. The molecule has 1 aromatic heterocycles. The number of rotatable bonds is 5. The smallest absolute Gasteiger partial charge is 0.321 e. The summed E-state index contributed by atoms with van der Waals surface area (Å²) in [6.45, 7) is 1.15. The predicted octanol–water partition coefficient (Wildman–Crippen LogP) is 4.92. The van der Waals surface area contributed by atoms with E-state index in [0.29, 0.717) is 24.6 Å². The maximum absolute atomic E-state index is 13.7. The number of carbonyl (C=O) groups excluding carboxylic acids is 2. The van der Waals surface area contributed by atoms with Crippen LogP contribution in [0.5, 0.6) is 0 Å². The fraction of sp³-hybridized carbons (Fsp3) is 0.346. The number of hydrogen-bond donors (Lipinski definition) is 2. The van der Waals surface area contributed by atoms with Crippen molar-refractivity contribution in [3.05, 3.63) is 82.4 Å². The molecule has 5 rings (SSSR count). The van der Waals surface area contributed by atoms with Gasteiger partial charge < -0.3 is 10.2 Å². The summed E-state index contributed by atoms with van der Waals surface area (Å²) in [6, 6.07) is 20.0. The van der Waals surface area contributed by atoms with Crippen molar-refractivity contribution < 1.29 is 9.59 Å². The number of aromatic nitrogens is 1. The minimum Gasteiger partial charge on any atom is -0.336 e. The van der Waals surface area contributed by atoms with Crippen LogP contribution in [-0.4, -0.2) is 34.4 Å². The van der Waals surface area contributed by atoms with Crippen molar-refractivity contribution in [2.24, 2.45) is 0 Å². The molecule has 2 aliphatic rings. The summed E-state index contributed by atoms with van der Waals surface area (Å²) >= 11 is 1.47. The van der Waals surface area contributed by atoms with Crippen molar-refractivity contribution in [1.82, 2.24) is 15.2 Å². The Bertz CT molecular complexity index is 1070. The molecule has 0 atom stereocenters. The third-order valence-electron chi connectivity index (χ3n) is 6.47. The fourth-order valence-electron chi connectivity index (χ4n) is 4.78. The second-order valence-electron chi connectivity index (χ2n) is 8.73. The number of hydrogen-bond acceptors (Lipinski definition) is 4. The molecule has 1 saturated carbocycles. The van der Waals surface area contributed by atoms with Gasteiger partial charge in [0.25, 0.3) is 0 Å². The summed E-state index contributed by atoms with van der Waals surface area (Å²) in [7, 11) is 0. The van der Waals surface area contributed by atoms with E-state index in [-0.39, 0.29) is 23.9 Å². The van der Waals surface area contributed by atoms with E-state index < -0.39 is 0 Å². The zero-order valence-electron chi connectivity index (χ0n) is 18.5. The summed E-state index contributed by atoms with van der Waals surface area (Å²) in [5, 5.41) is 6.54. The van der Waals surface area contributed by atoms with Gasteiger partial charge in [-0.2, -0.15) is 0 Å². The van der Waals surface area contributed by atoms with E-state index in [4.69, 9.17) is 0 Å². The van der Waals surface area contributed by atoms with Gasteiger partial charge in [-0.1, -0.05) is 84.8 Å². The lowest BCUT2D eigenvalue weighted by atomic mass is 9.89. The molecule has 2 N–H and O–H groups in total. The van der Waals surface area contributed by atoms with E-state index in [1.54, 1.807) is 0 Å². The van der Waals surface area contributed by atoms with Crippen molar-refractivity contribution in [1.29, 1.82) is 0 Å². The van der Waals surface area contributed by atoms with Gasteiger partial charge in [-0.05, 0) is 24.0 Å². The molecular formula is C26H28N4O2S. The van der Waals surface area contributed by atoms with Crippen LogP contribution in [0.25, 0.3) is 0 Å². The molecule has 0 spiro atoms. The summed E-state index contributed by atoms with van der Waals surface area (Å²) < 4.78 is 0. The van der Waals surface area contributed by atoms with Crippen molar-refractivity contribution >= 4 is 28.4 Å². The van der Waals surface area contributed by atoms with E-state index in [1.807, 2.05) is 65.6 Å². The number of benzene rings is 2. The average Bonchev–Trinajstić information content (AvgIpc) is 3.49. The van der Waals surface area contributed by atoms with Crippen LogP contribution in [0.1, 0.15) is 53.3 Å². The van der Waals surface area contributed by atoms with Crippen LogP contribution in [0, 0.1) is 0 Å². The Morgan fingerprint density at radius 3 is 2.24 bits per heavy atom. The van der Waals surface area contributed by atoms with Crippen LogP contribution in [0.2, 0.25) is 0 Å². The minimum atomic E-state index is -0.336. The number of thiazole rings is 1. The predicted molar refractivity (Wildman–Crippen MR) is 130 cm³/mol. The first-order valence-corrected chi connectivity index (χ1v) is 12.4. The SMILES string of the molecule is O=C(Nc1nc2c(s1)CN(C(=O)C(c1ccccc1)c1ccccc1)CC2)NC1CCCC1. The standard InChI is InChI=1S/C26H28N4O2S/c31-24(23(18-9-3-1-4-10-18)19-11-5-2-6-12-19)30-16-15-21-22(17-30)33-26(28-21)29-25(32)27-20-13-7-8-14-20/h1-6,9-12,20,23H,7-8,13-17H2,(H2,27,28,29,32). The average molecular weight is 461 g/mol. The first-order valence-electron chi connectivity index (χ1n) is 11.6. The quantitative estimate of drug-likeness (QED) is 0.567. The normalized spacial score (nSPS) is 16.0. The van der Waals surface area contributed by atoms with Gasteiger partial charge in [0.1, 0.15) is 0 Å². The highest BCUT2D eigenvalue weighted by Gasteiger charge is 2.31. The molecule has 6 nitrogen and oxygen atoms in total. The van der Waals surface area contributed by atoms with E-state index in [2.05, 4.69) is 15.6 Å². The molecule has 1 fully saturated rings. The van der Waals surface area contributed by atoms with Gasteiger partial charge >= 0.3 is 6.03 Å². The molecule has 3 aromatic rings. The zero-order valence-corrected chi connectivity index (χ0v) is 19.3. The zero-order chi connectivity index (χ0) is 22.6. The molecule has 1 aliphatic heterocycles. The highest BCUT2D eigenvalue weighted by atomic mass is 32.1. The molecule has 7 heteroatoms. The lowest BCUT2D eigenvalue weighted by Crippen LogP contribution is -2.39. The Hall–Kier alpha value is -3.19. The summed E-state index contributed by atoms with van der Waals surface area (Å²) in [5.41, 5.74) is 2.97. The Balaban J connectivity index is 1.30. The Morgan fingerprint density at radius 2 is 1.61 bits per heavy atom. The lowest BCUT2D eigenvalue weighted by molar-refractivity contribution is -0.132. The molecular weight excluding hydrogens is 432 g/mol. The maximum atomic E-state index is 13.7. The summed E-state index contributed by atoms with van der Waals surface area (Å²) in [4.78, 5) is 33.7. The Labute approximate surface area is 198 Å². The molecule has 0 bridgehead atoms. The number of amides is 3. The molecule has 1 aliphatic carbocycles. The topological polar surface area (TPSA) is 74.3 Å². The van der Waals surface area contributed by atoms with E-state index in [9.17, 15) is 9.59 Å². The highest BCUT2D eigenvalue weighted by Crippen LogP contribution is 2.32. The molecule has 0 radical (unpaired) electrons. The van der Waals surface area contributed by atoms with Crippen LogP contribution >= 0.6 is 11.3 Å². The van der Waals surface area contributed by atoms with Crippen LogP contribution in [0.15, 0.2) is 60.7 Å². The minimum absolute atomic E-state index is 0.0972. The third-order valence-corrected chi connectivity index (χ3v) is 7.46. The molecule has 33 heavy (non-hydrogen) atoms. The molecule has 3 amide bonds. The fourth-order valence-corrected chi connectivity index (χ4v) is 5.80. The number of urea groups is 1. The van der Waals surface area contributed by atoms with Crippen LogP contribution in [0.4, 0.5) is 9.93 Å². The maximum Gasteiger partial charge on any atom is 0.321 e. The molecule has 2 heterocycles. The number of fused-ring (bicyclic) bond motifs is 1. The van der Waals surface area contributed by atoms with Crippen molar-refractivity contribution in [3.63, 3.8) is 0 Å². The van der Waals surface area contributed by atoms with Gasteiger partial charge in [0.2, 0.25) is 5.91 Å². The first kappa shape index (κ1) is 21.6. The molecule has 170 valence electrons. The van der Waals surface area contributed by atoms with Crippen molar-refractivity contribution in [2.75, 3.05) is 11.9 Å². The lowest BCUT2D eigenvalue weighted by Gasteiger charge is -2.30. The van der Waals surface area contributed by atoms with E-state index in [1.165, 1.54) is 24.2 Å². The van der Waals surface area contributed by atoms with Crippen LogP contribution in [0.3, 0.4) is 0 Å². The van der Waals surface area contributed by atoms with Crippen LogP contribution in [-0.2, 0) is 17.8 Å². The van der Waals surface area contributed by atoms with E-state index in [0.717, 1.165) is 34.5 Å². The van der Waals surface area contributed by atoms with Gasteiger partial charge in [-0.25, -0.2) is 9.78 Å². The summed E-state index contributed by atoms with van der Waals surface area (Å²) in [6.07, 6.45) is 5.13. The molecule has 2 aromatic carbocycles. The Kier molecular flexibility index (Phi) is 6.39. The monoisotopic (exact) mass is 460 g/mol. The van der Waals surface area contributed by atoms with Crippen molar-refractivity contribution in [2.45, 2.75) is 50.6 Å². The first-order chi connectivity index (χ1) is 16.2. The second-order valence-corrected chi connectivity index (χ2v) is 9.82. The van der Waals surface area contributed by atoms with Gasteiger partial charge in [0, 0.05) is 23.9 Å². The molecule has 0 saturated heterocycles. The van der Waals surface area contributed by atoms with Gasteiger partial charge in [0.05, 0.1) is 18.2 Å². The summed E-state index contributed by atoms with van der Waals surface area (Å²) in [5.74, 6) is -0.239. The second kappa shape index (κ2) is 9.75. The molecule has 0 unspecified atom stereocenters. The van der Waals surface area contributed by atoms with Gasteiger partial charge in [-0.15, -0.1) is 0 Å². The van der Waals surface area contributed by atoms with Gasteiger partial charge in [-0.3, -0.25) is 10.1 Å². The van der Waals surface area contributed by atoms with Gasteiger partial charge in [0.15, 0.2) is 5.13 Å². The van der Waals surface area contributed by atoms with Crippen LogP contribution < -0.4 is 10.6 Å². The Morgan fingerprint density at radius 1 is 0.970 bits per heavy atom. The number of nitrogens with zero attached hydrogens (tertiary/aromatic N) is 2. The highest BCUT2D eigenvalue weighted by molar-refractivity contribution is 7.15. The third kappa shape index (κ3) is 4.93. The van der Waals surface area contributed by atoms with Crippen molar-refractivity contribution in [3.8, 4) is 0 Å². The number of anilines is 1. The van der Waals surface area contributed by atoms with E-state index >= 15 is 0 Å². The number of carbonyl (C=O) groups is 2.